The van der Waals surface area contributed by atoms with Crippen molar-refractivity contribution in [2.75, 3.05) is 0 Å². The average Bonchev–Trinajstić information content (AvgIpc) is 2.80. The van der Waals surface area contributed by atoms with Crippen LogP contribution in [-0.4, -0.2) is 9.97 Å². The number of fused-ring (bicyclic) bond motifs is 1. The second-order valence-electron chi connectivity index (χ2n) is 4.06. The Bertz CT molecular complexity index is 694. The van der Waals surface area contributed by atoms with Crippen molar-refractivity contribution in [2.45, 2.75) is 6.61 Å². The minimum absolute atomic E-state index is 0. The Morgan fingerprint density at radius 2 is 1.90 bits per heavy atom. The van der Waals surface area contributed by atoms with Gasteiger partial charge in [-0.05, 0) is 30.3 Å². The van der Waals surface area contributed by atoms with Crippen molar-refractivity contribution in [1.29, 1.82) is 0 Å². The number of hydrogen-bond acceptors (Lipinski definition) is 2. The topological polar surface area (TPSA) is 37.9 Å². The minimum Gasteiger partial charge on any atom is -0.484 e. The Labute approximate surface area is 132 Å². The third-order valence-electron chi connectivity index (χ3n) is 2.70. The molecule has 3 aromatic rings. The van der Waals surface area contributed by atoms with Crippen molar-refractivity contribution in [3.8, 4) is 5.75 Å². The molecule has 104 valence electrons. The number of halogens is 3. The molecular formula is C14H11Cl3N2O. The lowest BCUT2D eigenvalue weighted by Crippen LogP contribution is -1.97. The van der Waals surface area contributed by atoms with Crippen molar-refractivity contribution < 1.29 is 4.74 Å². The molecule has 0 spiro atoms. The molecule has 1 N–H and O–H groups in total. The summed E-state index contributed by atoms with van der Waals surface area (Å²) >= 11 is 11.9. The first-order valence-electron chi connectivity index (χ1n) is 5.74. The molecule has 0 unspecified atom stereocenters. The van der Waals surface area contributed by atoms with Gasteiger partial charge in [-0.3, -0.25) is 0 Å². The highest BCUT2D eigenvalue weighted by atomic mass is 35.5. The van der Waals surface area contributed by atoms with Gasteiger partial charge in [-0.25, -0.2) is 4.98 Å². The number of rotatable bonds is 3. The fourth-order valence-corrected chi connectivity index (χ4v) is 2.28. The number of para-hydroxylation sites is 2. The number of ether oxygens (including phenoxy) is 1. The first-order chi connectivity index (χ1) is 9.22. The van der Waals surface area contributed by atoms with E-state index in [4.69, 9.17) is 27.9 Å². The summed E-state index contributed by atoms with van der Waals surface area (Å²) in [6.07, 6.45) is 0. The Hall–Kier alpha value is -1.42. The summed E-state index contributed by atoms with van der Waals surface area (Å²) in [6, 6.07) is 13.0. The van der Waals surface area contributed by atoms with Gasteiger partial charge in [0.25, 0.3) is 0 Å². The lowest BCUT2D eigenvalue weighted by atomic mass is 10.3. The van der Waals surface area contributed by atoms with Crippen LogP contribution in [0.25, 0.3) is 11.0 Å². The Kier molecular flexibility index (Phi) is 4.76. The van der Waals surface area contributed by atoms with Crippen LogP contribution in [0.15, 0.2) is 42.5 Å². The Morgan fingerprint density at radius 1 is 1.10 bits per heavy atom. The third-order valence-corrected chi connectivity index (χ3v) is 3.23. The summed E-state index contributed by atoms with van der Waals surface area (Å²) in [4.78, 5) is 7.62. The van der Waals surface area contributed by atoms with Gasteiger partial charge in [-0.15, -0.1) is 12.4 Å². The van der Waals surface area contributed by atoms with Crippen molar-refractivity contribution in [2.24, 2.45) is 0 Å². The monoisotopic (exact) mass is 328 g/mol. The van der Waals surface area contributed by atoms with Crippen LogP contribution in [0.4, 0.5) is 0 Å². The minimum atomic E-state index is 0. The second-order valence-corrected chi connectivity index (χ2v) is 4.91. The van der Waals surface area contributed by atoms with E-state index in [1.54, 1.807) is 18.2 Å². The fraction of sp³-hybridized carbons (Fsp3) is 0.0714. The number of aromatic nitrogens is 2. The molecular weight excluding hydrogens is 319 g/mol. The zero-order chi connectivity index (χ0) is 13.2. The SMILES string of the molecule is Cl.Clc1ccc(OCc2nc3ccccc3[nH]2)c(Cl)c1. The smallest absolute Gasteiger partial charge is 0.146 e. The van der Waals surface area contributed by atoms with E-state index in [0.29, 0.717) is 22.4 Å². The largest absolute Gasteiger partial charge is 0.484 e. The number of hydrogen-bond donors (Lipinski definition) is 1. The summed E-state index contributed by atoms with van der Waals surface area (Å²) in [6.45, 7) is 0.329. The summed E-state index contributed by atoms with van der Waals surface area (Å²) in [5.41, 5.74) is 1.91. The van der Waals surface area contributed by atoms with Gasteiger partial charge < -0.3 is 9.72 Å². The first-order valence-corrected chi connectivity index (χ1v) is 6.49. The molecule has 0 saturated heterocycles. The molecule has 3 rings (SSSR count). The maximum atomic E-state index is 6.03. The molecule has 0 amide bonds. The molecule has 3 nitrogen and oxygen atoms in total. The molecule has 1 heterocycles. The van der Waals surface area contributed by atoms with E-state index in [2.05, 4.69) is 9.97 Å². The molecule has 0 aliphatic carbocycles. The quantitative estimate of drug-likeness (QED) is 0.744. The highest BCUT2D eigenvalue weighted by Gasteiger charge is 2.05. The van der Waals surface area contributed by atoms with Crippen LogP contribution < -0.4 is 4.74 Å². The van der Waals surface area contributed by atoms with Gasteiger partial charge >= 0.3 is 0 Å². The summed E-state index contributed by atoms with van der Waals surface area (Å²) < 4.78 is 5.62. The molecule has 0 bridgehead atoms. The molecule has 1 aromatic heterocycles. The maximum absolute atomic E-state index is 6.03. The number of benzene rings is 2. The zero-order valence-corrected chi connectivity index (χ0v) is 12.6. The van der Waals surface area contributed by atoms with Gasteiger partial charge in [0.2, 0.25) is 0 Å². The van der Waals surface area contributed by atoms with Crippen LogP contribution in [0.3, 0.4) is 0 Å². The zero-order valence-electron chi connectivity index (χ0n) is 10.3. The van der Waals surface area contributed by atoms with E-state index in [9.17, 15) is 0 Å². The van der Waals surface area contributed by atoms with Gasteiger partial charge in [0.05, 0.1) is 16.1 Å². The van der Waals surface area contributed by atoms with Gasteiger partial charge in [0.1, 0.15) is 18.2 Å². The van der Waals surface area contributed by atoms with Crippen LogP contribution in [0.1, 0.15) is 5.82 Å². The number of nitrogens with zero attached hydrogens (tertiary/aromatic N) is 1. The van der Waals surface area contributed by atoms with Crippen molar-refractivity contribution in [1.82, 2.24) is 9.97 Å². The lowest BCUT2D eigenvalue weighted by Gasteiger charge is -2.06. The number of imidazole rings is 1. The summed E-state index contributed by atoms with van der Waals surface area (Å²) in [7, 11) is 0. The van der Waals surface area contributed by atoms with E-state index in [-0.39, 0.29) is 12.4 Å². The van der Waals surface area contributed by atoms with E-state index in [1.165, 1.54) is 0 Å². The Balaban J connectivity index is 0.00000147. The fourth-order valence-electron chi connectivity index (χ4n) is 1.81. The summed E-state index contributed by atoms with van der Waals surface area (Å²) in [5, 5.41) is 1.07. The molecule has 2 aromatic carbocycles. The van der Waals surface area contributed by atoms with Gasteiger partial charge in [0.15, 0.2) is 0 Å². The second kappa shape index (κ2) is 6.35. The van der Waals surface area contributed by atoms with E-state index >= 15 is 0 Å². The first kappa shape index (κ1) is 15.0. The molecule has 0 aliphatic heterocycles. The van der Waals surface area contributed by atoms with Crippen LogP contribution in [0, 0.1) is 0 Å². The van der Waals surface area contributed by atoms with E-state index < -0.39 is 0 Å². The highest BCUT2D eigenvalue weighted by molar-refractivity contribution is 6.35. The molecule has 0 fully saturated rings. The number of H-pyrrole nitrogens is 1. The summed E-state index contributed by atoms with van der Waals surface area (Å²) in [5.74, 6) is 1.35. The predicted octanol–water partition coefficient (Wildman–Crippen LogP) is 4.87. The molecule has 0 saturated carbocycles. The normalized spacial score (nSPS) is 10.3. The molecule has 6 heteroatoms. The van der Waals surface area contributed by atoms with Crippen molar-refractivity contribution in [3.63, 3.8) is 0 Å². The standard InChI is InChI=1S/C14H10Cl2N2O.ClH/c15-9-5-6-13(10(16)7-9)19-8-14-17-11-3-1-2-4-12(11)18-14;/h1-7H,8H2,(H,17,18);1H. The van der Waals surface area contributed by atoms with E-state index in [0.717, 1.165) is 16.9 Å². The highest BCUT2D eigenvalue weighted by Crippen LogP contribution is 2.28. The lowest BCUT2D eigenvalue weighted by molar-refractivity contribution is 0.298. The molecule has 0 radical (unpaired) electrons. The van der Waals surface area contributed by atoms with Gasteiger partial charge in [-0.1, -0.05) is 35.3 Å². The number of nitrogens with one attached hydrogen (secondary N) is 1. The van der Waals surface area contributed by atoms with Crippen molar-refractivity contribution in [3.05, 3.63) is 58.3 Å². The number of aromatic amines is 1. The van der Waals surface area contributed by atoms with Crippen LogP contribution in [0.2, 0.25) is 10.0 Å². The van der Waals surface area contributed by atoms with Gasteiger partial charge in [0, 0.05) is 5.02 Å². The maximum Gasteiger partial charge on any atom is 0.146 e. The predicted molar refractivity (Wildman–Crippen MR) is 84.1 cm³/mol. The molecule has 0 aliphatic rings. The van der Waals surface area contributed by atoms with Crippen LogP contribution >= 0.6 is 35.6 Å². The average molecular weight is 330 g/mol. The van der Waals surface area contributed by atoms with Crippen LogP contribution in [-0.2, 0) is 6.61 Å². The van der Waals surface area contributed by atoms with Crippen LogP contribution in [0.5, 0.6) is 5.75 Å². The van der Waals surface area contributed by atoms with Crippen molar-refractivity contribution >= 4 is 46.6 Å². The van der Waals surface area contributed by atoms with Gasteiger partial charge in [-0.2, -0.15) is 0 Å². The third kappa shape index (κ3) is 3.18. The van der Waals surface area contributed by atoms with E-state index in [1.807, 2.05) is 24.3 Å². The molecule has 20 heavy (non-hydrogen) atoms. The molecule has 0 atom stereocenters. The Morgan fingerprint density at radius 3 is 2.65 bits per heavy atom.